The highest BCUT2D eigenvalue weighted by atomic mass is 32.2. The molecule has 0 saturated carbocycles. The molecule has 0 spiro atoms. The van der Waals surface area contributed by atoms with E-state index in [2.05, 4.69) is 24.3 Å². The third kappa shape index (κ3) is 7.22. The van der Waals surface area contributed by atoms with Gasteiger partial charge in [0.15, 0.2) is 6.61 Å². The molecule has 4 rings (SSSR count). The number of thioether (sulfide) groups is 1. The van der Waals surface area contributed by atoms with Gasteiger partial charge in [-0.25, -0.2) is 4.79 Å². The Balaban J connectivity index is 1.54. The number of carbonyl (C=O) groups is 1. The van der Waals surface area contributed by atoms with E-state index in [-0.39, 0.29) is 0 Å². The van der Waals surface area contributed by atoms with Crippen molar-refractivity contribution in [3.05, 3.63) is 106 Å². The van der Waals surface area contributed by atoms with E-state index in [9.17, 15) is 18.0 Å². The van der Waals surface area contributed by atoms with Gasteiger partial charge in [-0.1, -0.05) is 42.0 Å². The van der Waals surface area contributed by atoms with Gasteiger partial charge >= 0.3 is 12.1 Å². The largest absolute Gasteiger partial charge is 0.482 e. The number of carboxylic acids is 1. The number of halogens is 3. The van der Waals surface area contributed by atoms with Crippen LogP contribution in [-0.2, 0) is 29.6 Å². The Labute approximate surface area is 223 Å². The van der Waals surface area contributed by atoms with Crippen molar-refractivity contribution in [2.75, 3.05) is 6.61 Å². The van der Waals surface area contributed by atoms with Crippen LogP contribution < -0.4 is 4.74 Å². The van der Waals surface area contributed by atoms with E-state index < -0.39 is 24.3 Å². The summed E-state index contributed by atoms with van der Waals surface area (Å²) in [5.41, 5.74) is 4.04. The van der Waals surface area contributed by atoms with E-state index >= 15 is 0 Å². The lowest BCUT2D eigenvalue weighted by atomic mass is 10.1. The zero-order valence-electron chi connectivity index (χ0n) is 21.0. The third-order valence-electron chi connectivity index (χ3n) is 6.05. The molecule has 0 unspecified atom stereocenters. The van der Waals surface area contributed by atoms with Crippen molar-refractivity contribution >= 4 is 17.7 Å². The van der Waals surface area contributed by atoms with E-state index in [1.54, 1.807) is 17.8 Å². The number of furan rings is 1. The summed E-state index contributed by atoms with van der Waals surface area (Å²) >= 11 is 1.59. The third-order valence-corrected chi connectivity index (χ3v) is 7.09. The number of rotatable bonds is 10. The smallest absolute Gasteiger partial charge is 0.416 e. The summed E-state index contributed by atoms with van der Waals surface area (Å²) in [6.07, 6.45) is -2.97. The zero-order chi connectivity index (χ0) is 27.3. The van der Waals surface area contributed by atoms with Crippen LogP contribution >= 0.6 is 11.8 Å². The van der Waals surface area contributed by atoms with Gasteiger partial charge in [0.2, 0.25) is 0 Å². The molecule has 1 heterocycles. The lowest BCUT2D eigenvalue weighted by Gasteiger charge is -2.09. The summed E-state index contributed by atoms with van der Waals surface area (Å²) in [6, 6.07) is 20.7. The summed E-state index contributed by atoms with van der Waals surface area (Å²) in [7, 11) is 0. The minimum absolute atomic E-state index is 0.403. The molecule has 0 amide bonds. The number of carboxylic acid groups (broad SMARTS) is 1. The van der Waals surface area contributed by atoms with Crippen LogP contribution in [0.1, 0.15) is 33.6 Å². The van der Waals surface area contributed by atoms with Crippen molar-refractivity contribution in [1.29, 1.82) is 0 Å². The first-order valence-electron chi connectivity index (χ1n) is 12.0. The average Bonchev–Trinajstić information content (AvgIpc) is 3.29. The van der Waals surface area contributed by atoms with Crippen LogP contribution in [0.4, 0.5) is 13.2 Å². The molecule has 3 aromatic carbocycles. The van der Waals surface area contributed by atoms with E-state index in [0.29, 0.717) is 29.2 Å². The highest BCUT2D eigenvalue weighted by Crippen LogP contribution is 2.35. The molecule has 0 atom stereocenters. The van der Waals surface area contributed by atoms with Gasteiger partial charge in [-0.2, -0.15) is 13.2 Å². The molecule has 1 aromatic heterocycles. The fourth-order valence-electron chi connectivity index (χ4n) is 3.95. The molecule has 0 saturated heterocycles. The van der Waals surface area contributed by atoms with Crippen LogP contribution in [0.25, 0.3) is 11.3 Å². The molecule has 1 N–H and O–H groups in total. The van der Waals surface area contributed by atoms with E-state index in [1.165, 1.54) is 23.3 Å². The molecule has 0 aliphatic heterocycles. The summed E-state index contributed by atoms with van der Waals surface area (Å²) in [4.78, 5) is 11.8. The summed E-state index contributed by atoms with van der Waals surface area (Å²) < 4.78 is 50.5. The molecule has 8 heteroatoms. The number of ether oxygens (including phenoxy) is 1. The van der Waals surface area contributed by atoms with Crippen LogP contribution in [0.2, 0.25) is 0 Å². The van der Waals surface area contributed by atoms with Crippen LogP contribution in [0.15, 0.2) is 82.1 Å². The van der Waals surface area contributed by atoms with Crippen molar-refractivity contribution in [1.82, 2.24) is 0 Å². The van der Waals surface area contributed by atoms with Crippen molar-refractivity contribution < 1.29 is 32.2 Å². The van der Waals surface area contributed by atoms with E-state index in [4.69, 9.17) is 14.3 Å². The maximum Gasteiger partial charge on any atom is 0.416 e. The maximum absolute atomic E-state index is 13.0. The van der Waals surface area contributed by atoms with Crippen LogP contribution in [0.3, 0.4) is 0 Å². The molecule has 4 nitrogen and oxygen atoms in total. The Morgan fingerprint density at radius 3 is 2.29 bits per heavy atom. The van der Waals surface area contributed by atoms with Crippen LogP contribution in [0, 0.1) is 13.8 Å². The Morgan fingerprint density at radius 1 is 0.947 bits per heavy atom. The quantitative estimate of drug-likeness (QED) is 0.206. The van der Waals surface area contributed by atoms with Gasteiger partial charge in [0, 0.05) is 28.2 Å². The number of aliphatic carboxylic acids is 1. The molecule has 0 aliphatic carbocycles. The number of benzene rings is 3. The lowest BCUT2D eigenvalue weighted by molar-refractivity contribution is -0.139. The number of hydrogen-bond acceptors (Lipinski definition) is 4. The van der Waals surface area contributed by atoms with E-state index in [1.807, 2.05) is 32.0 Å². The number of aryl methyl sites for hydroxylation is 4. The highest BCUT2D eigenvalue weighted by molar-refractivity contribution is 7.98. The first-order valence-corrected chi connectivity index (χ1v) is 13.0. The van der Waals surface area contributed by atoms with E-state index in [0.717, 1.165) is 40.3 Å². The molecule has 4 aromatic rings. The molecule has 38 heavy (non-hydrogen) atoms. The fourth-order valence-corrected chi connectivity index (χ4v) is 4.94. The minimum Gasteiger partial charge on any atom is -0.482 e. The molecule has 0 aliphatic rings. The summed E-state index contributed by atoms with van der Waals surface area (Å²) in [6.45, 7) is 3.49. The Hall–Kier alpha value is -3.65. The highest BCUT2D eigenvalue weighted by Gasteiger charge is 2.30. The first kappa shape index (κ1) is 27.4. The van der Waals surface area contributed by atoms with Crippen molar-refractivity contribution in [3.8, 4) is 17.1 Å². The predicted octanol–water partition coefficient (Wildman–Crippen LogP) is 8.12. The lowest BCUT2D eigenvalue weighted by Crippen LogP contribution is -2.09. The van der Waals surface area contributed by atoms with Gasteiger partial charge < -0.3 is 14.3 Å². The van der Waals surface area contributed by atoms with Crippen molar-refractivity contribution in [2.45, 2.75) is 43.5 Å². The number of hydrogen-bond donors (Lipinski definition) is 1. The summed E-state index contributed by atoms with van der Waals surface area (Å²) in [5, 5.41) is 8.83. The fraction of sp³-hybridized carbons (Fsp3) is 0.233. The second-order valence-corrected chi connectivity index (χ2v) is 10.1. The average molecular weight is 541 g/mol. The minimum atomic E-state index is -4.39. The van der Waals surface area contributed by atoms with Gasteiger partial charge in [-0.3, -0.25) is 0 Å². The van der Waals surface area contributed by atoms with Gasteiger partial charge in [-0.15, -0.1) is 11.8 Å². The van der Waals surface area contributed by atoms with Gasteiger partial charge in [0.05, 0.1) is 5.56 Å². The maximum atomic E-state index is 13.0. The molecule has 0 fully saturated rings. The van der Waals surface area contributed by atoms with Crippen LogP contribution in [0.5, 0.6) is 5.75 Å². The predicted molar refractivity (Wildman–Crippen MR) is 142 cm³/mol. The monoisotopic (exact) mass is 540 g/mol. The Kier molecular flexibility index (Phi) is 8.52. The summed E-state index contributed by atoms with van der Waals surface area (Å²) in [5.74, 6) is 1.41. The Morgan fingerprint density at radius 2 is 1.66 bits per heavy atom. The Bertz CT molecular complexity index is 1390. The second-order valence-electron chi connectivity index (χ2n) is 9.02. The SMILES string of the molecule is Cc1ccc(CCc2oc(-c3ccc(C(F)(F)F)cc3)cc2CSc2ccc(OCC(=O)O)c(C)c2)cc1. The molecule has 0 radical (unpaired) electrons. The zero-order valence-corrected chi connectivity index (χ0v) is 21.8. The first-order chi connectivity index (χ1) is 18.1. The molecular formula is C30H27F3O4S. The molecular weight excluding hydrogens is 513 g/mol. The van der Waals surface area contributed by atoms with Crippen molar-refractivity contribution in [2.24, 2.45) is 0 Å². The van der Waals surface area contributed by atoms with Gasteiger partial charge in [0.25, 0.3) is 0 Å². The number of alkyl halides is 3. The molecule has 198 valence electrons. The second kappa shape index (κ2) is 11.8. The normalized spacial score (nSPS) is 11.5. The van der Waals surface area contributed by atoms with Crippen LogP contribution in [-0.4, -0.2) is 17.7 Å². The standard InChI is InChI=1S/C30H27F3O4S/c1-19-3-5-21(6-4-19)7-13-27-23(16-28(37-27)22-8-10-24(11-9-22)30(31,32)33)18-38-25-12-14-26(20(2)15-25)36-17-29(34)35/h3-6,8-12,14-16H,7,13,17-18H2,1-2H3,(H,34,35). The van der Waals surface area contributed by atoms with Crippen molar-refractivity contribution in [3.63, 3.8) is 0 Å². The van der Waals surface area contributed by atoms with Gasteiger partial charge in [0.1, 0.15) is 17.3 Å². The van der Waals surface area contributed by atoms with Gasteiger partial charge in [-0.05, 0) is 67.8 Å². The topological polar surface area (TPSA) is 59.7 Å². The molecule has 0 bridgehead atoms.